The largest absolute Gasteiger partial charge is 0.505 e. The third-order valence-electron chi connectivity index (χ3n) is 6.16. The van der Waals surface area contributed by atoms with Crippen LogP contribution in [0.25, 0.3) is 10.8 Å². The number of nitrogens with two attached hydrogens (primary N) is 1. The third-order valence-corrected chi connectivity index (χ3v) is 7.03. The standard InChI is InChI=1S/C28H30N6O6S.Na/c1-3-34(4-2)22-10-7-20(8-11-22)30-31-21-9-12-24(25(17-21)40-14-13-35)32-33-27-26(41(37,38)39)15-18-5-6-19(29)16-23(18)28(27)36;/h5-12,15-17,35-36H,3-4,13-14,29H2,1-2H3,(H,37,38,39);. The van der Waals surface area contributed by atoms with Crippen LogP contribution < -0.4 is 15.4 Å². The van der Waals surface area contributed by atoms with E-state index in [0.29, 0.717) is 22.4 Å². The fraction of sp³-hybridized carbons (Fsp3) is 0.214. The zero-order valence-electron chi connectivity index (χ0n) is 23.5. The summed E-state index contributed by atoms with van der Waals surface area (Å²) in [6.45, 7) is 5.62. The number of phenolic OH excluding ortho intramolecular Hbond substituents is 1. The van der Waals surface area contributed by atoms with Gasteiger partial charge in [-0.25, -0.2) is 0 Å². The summed E-state index contributed by atoms with van der Waals surface area (Å²) in [5.41, 5.74) is 7.97. The molecule has 0 heterocycles. The Kier molecular flexibility index (Phi) is 11.4. The SMILES string of the molecule is CCN(CC)c1ccc(N=Nc2ccc(N=Nc3c(S(=O)(=O)O)cc4ccc(N)cc4c3O)c(OCCO)c2)cc1.[Na]. The Bertz CT molecular complexity index is 1710. The Morgan fingerprint density at radius 2 is 1.55 bits per heavy atom. The minimum absolute atomic E-state index is 0. The van der Waals surface area contributed by atoms with Crippen LogP contribution in [0.2, 0.25) is 0 Å². The molecule has 14 heteroatoms. The predicted molar refractivity (Wildman–Crippen MR) is 163 cm³/mol. The third kappa shape index (κ3) is 7.82. The van der Waals surface area contributed by atoms with Crippen molar-refractivity contribution in [3.8, 4) is 11.5 Å². The van der Waals surface area contributed by atoms with Crippen LogP contribution in [-0.2, 0) is 10.1 Å². The molecule has 215 valence electrons. The van der Waals surface area contributed by atoms with Crippen molar-refractivity contribution in [3.63, 3.8) is 0 Å². The van der Waals surface area contributed by atoms with E-state index in [1.54, 1.807) is 6.07 Å². The molecule has 0 saturated carbocycles. The molecule has 0 amide bonds. The van der Waals surface area contributed by atoms with Crippen molar-refractivity contribution in [1.82, 2.24) is 0 Å². The van der Waals surface area contributed by atoms with Gasteiger partial charge < -0.3 is 25.6 Å². The fourth-order valence-electron chi connectivity index (χ4n) is 4.11. The number of aromatic hydroxyl groups is 1. The minimum atomic E-state index is -4.78. The van der Waals surface area contributed by atoms with Crippen LogP contribution in [-0.4, -0.2) is 79.0 Å². The molecule has 0 saturated heterocycles. The van der Waals surface area contributed by atoms with Crippen molar-refractivity contribution in [2.75, 3.05) is 36.9 Å². The number of aliphatic hydroxyl groups excluding tert-OH is 1. The van der Waals surface area contributed by atoms with Crippen molar-refractivity contribution < 1.29 is 27.9 Å². The second-order valence-electron chi connectivity index (χ2n) is 8.84. The number of fused-ring (bicyclic) bond motifs is 1. The van der Waals surface area contributed by atoms with E-state index in [-0.39, 0.29) is 59.6 Å². The molecule has 4 rings (SSSR count). The number of aliphatic hydroxyl groups is 1. The van der Waals surface area contributed by atoms with Crippen LogP contribution in [0.1, 0.15) is 13.8 Å². The van der Waals surface area contributed by atoms with Crippen molar-refractivity contribution in [2.45, 2.75) is 18.7 Å². The Morgan fingerprint density at radius 3 is 2.19 bits per heavy atom. The minimum Gasteiger partial charge on any atom is -0.505 e. The van der Waals surface area contributed by atoms with E-state index in [9.17, 15) is 23.2 Å². The van der Waals surface area contributed by atoms with E-state index >= 15 is 0 Å². The summed E-state index contributed by atoms with van der Waals surface area (Å²) < 4.78 is 39.6. The van der Waals surface area contributed by atoms with E-state index in [1.165, 1.54) is 36.4 Å². The van der Waals surface area contributed by atoms with Gasteiger partial charge in [0.15, 0.2) is 5.75 Å². The number of rotatable bonds is 11. The monoisotopic (exact) mass is 601 g/mol. The Labute approximate surface area is 265 Å². The molecule has 4 aromatic carbocycles. The van der Waals surface area contributed by atoms with Gasteiger partial charge >= 0.3 is 0 Å². The number of nitrogens with zero attached hydrogens (tertiary/aromatic N) is 5. The van der Waals surface area contributed by atoms with E-state index < -0.39 is 26.5 Å². The van der Waals surface area contributed by atoms with Crippen LogP contribution in [0.5, 0.6) is 11.5 Å². The molecule has 0 unspecified atom stereocenters. The number of phenols is 1. The number of anilines is 2. The average Bonchev–Trinajstić information content (AvgIpc) is 2.96. The van der Waals surface area contributed by atoms with Crippen LogP contribution in [0.4, 0.5) is 34.1 Å². The maximum Gasteiger partial charge on any atom is 0.296 e. The van der Waals surface area contributed by atoms with Crippen LogP contribution in [0.15, 0.2) is 92.1 Å². The number of hydrogen-bond acceptors (Lipinski definition) is 11. The molecule has 0 bridgehead atoms. The van der Waals surface area contributed by atoms with E-state index in [2.05, 4.69) is 39.2 Å². The number of azo groups is 2. The topological polar surface area (TPSA) is 183 Å². The van der Waals surface area contributed by atoms with Gasteiger partial charge in [-0.3, -0.25) is 4.55 Å². The van der Waals surface area contributed by atoms with Gasteiger partial charge in [-0.1, -0.05) is 6.07 Å². The van der Waals surface area contributed by atoms with Crippen molar-refractivity contribution in [1.29, 1.82) is 0 Å². The number of ether oxygens (including phenoxy) is 1. The first kappa shape index (κ1) is 32.9. The maximum absolute atomic E-state index is 12.1. The first-order valence-corrected chi connectivity index (χ1v) is 14.2. The van der Waals surface area contributed by atoms with Crippen LogP contribution in [0.3, 0.4) is 0 Å². The maximum atomic E-state index is 12.1. The van der Waals surface area contributed by atoms with Gasteiger partial charge in [0.1, 0.15) is 28.6 Å². The first-order chi connectivity index (χ1) is 19.6. The van der Waals surface area contributed by atoms with Gasteiger partial charge in [0, 0.05) is 65.5 Å². The average molecular weight is 602 g/mol. The van der Waals surface area contributed by atoms with Gasteiger partial charge in [-0.15, -0.1) is 10.2 Å². The summed E-state index contributed by atoms with van der Waals surface area (Å²) in [6, 6.07) is 18.0. The Hall–Kier alpha value is -3.59. The van der Waals surface area contributed by atoms with Crippen molar-refractivity contribution >= 4 is 84.6 Å². The van der Waals surface area contributed by atoms with Crippen molar-refractivity contribution in [3.05, 3.63) is 66.7 Å². The summed E-state index contributed by atoms with van der Waals surface area (Å²) in [5, 5.41) is 37.2. The molecule has 0 aliphatic carbocycles. The molecule has 12 nitrogen and oxygen atoms in total. The molecule has 5 N–H and O–H groups in total. The molecule has 0 spiro atoms. The molecule has 1 radical (unpaired) electrons. The molecular weight excluding hydrogens is 571 g/mol. The Morgan fingerprint density at radius 1 is 0.881 bits per heavy atom. The summed E-state index contributed by atoms with van der Waals surface area (Å²) in [6.07, 6.45) is 0. The smallest absolute Gasteiger partial charge is 0.296 e. The molecular formula is C28H30N6NaO6S. The number of benzene rings is 4. The zero-order chi connectivity index (χ0) is 29.6. The Balaban J connectivity index is 0.00000484. The number of nitrogen functional groups attached to an aromatic ring is 1. The normalized spacial score (nSPS) is 11.7. The molecule has 0 atom stereocenters. The van der Waals surface area contributed by atoms with E-state index in [4.69, 9.17) is 10.5 Å². The van der Waals surface area contributed by atoms with Gasteiger partial charge in [-0.05, 0) is 73.8 Å². The van der Waals surface area contributed by atoms with Gasteiger partial charge in [0.2, 0.25) is 0 Å². The van der Waals surface area contributed by atoms with E-state index in [1.807, 2.05) is 24.3 Å². The second-order valence-corrected chi connectivity index (χ2v) is 10.2. The summed E-state index contributed by atoms with van der Waals surface area (Å²) >= 11 is 0. The van der Waals surface area contributed by atoms with E-state index in [0.717, 1.165) is 18.8 Å². The molecule has 0 aliphatic heterocycles. The molecule has 0 aromatic heterocycles. The molecule has 4 aromatic rings. The second kappa shape index (κ2) is 14.5. The predicted octanol–water partition coefficient (Wildman–Crippen LogP) is 6.04. The van der Waals surface area contributed by atoms with Gasteiger partial charge in [0.25, 0.3) is 10.1 Å². The molecule has 0 aliphatic rings. The van der Waals surface area contributed by atoms with Crippen LogP contribution >= 0.6 is 0 Å². The molecule has 42 heavy (non-hydrogen) atoms. The summed E-state index contributed by atoms with van der Waals surface area (Å²) in [7, 11) is -4.78. The van der Waals surface area contributed by atoms with Gasteiger partial charge in [-0.2, -0.15) is 18.6 Å². The van der Waals surface area contributed by atoms with Gasteiger partial charge in [0.05, 0.1) is 18.0 Å². The molecule has 0 fully saturated rings. The summed E-state index contributed by atoms with van der Waals surface area (Å²) in [5.74, 6) is -0.351. The first-order valence-electron chi connectivity index (χ1n) is 12.7. The zero-order valence-corrected chi connectivity index (χ0v) is 26.3. The summed E-state index contributed by atoms with van der Waals surface area (Å²) in [4.78, 5) is 1.58. The quantitative estimate of drug-likeness (QED) is 0.0694. The fourth-order valence-corrected chi connectivity index (χ4v) is 4.77. The van der Waals surface area contributed by atoms with Crippen LogP contribution in [0, 0.1) is 0 Å². The van der Waals surface area contributed by atoms with Crippen molar-refractivity contribution in [2.24, 2.45) is 20.5 Å². The number of hydrogen-bond donors (Lipinski definition) is 4.